The zero-order valence-corrected chi connectivity index (χ0v) is 9.85. The zero-order valence-electron chi connectivity index (χ0n) is 9.04. The molecule has 0 heterocycles. The van der Waals surface area contributed by atoms with Crippen LogP contribution in [0.1, 0.15) is 32.1 Å². The van der Waals surface area contributed by atoms with E-state index in [-0.39, 0.29) is 6.61 Å². The van der Waals surface area contributed by atoms with Gasteiger partial charge in [-0.3, -0.25) is 0 Å². The highest BCUT2D eigenvalue weighted by Gasteiger charge is 2.39. The van der Waals surface area contributed by atoms with E-state index in [4.69, 9.17) is 17.3 Å². The Bertz CT molecular complexity index is 235. The molecule has 0 aliphatic heterocycles. The molecule has 0 amide bonds. The Morgan fingerprint density at radius 3 is 2.80 bits per heavy atom. The lowest BCUT2D eigenvalue weighted by molar-refractivity contribution is 0.289. The van der Waals surface area contributed by atoms with E-state index >= 15 is 0 Å². The van der Waals surface area contributed by atoms with Gasteiger partial charge in [-0.15, -0.1) is 0 Å². The molecule has 0 aromatic rings. The van der Waals surface area contributed by atoms with E-state index in [1.807, 2.05) is 0 Å². The molecule has 0 saturated heterocycles. The number of fused-ring (bicyclic) bond motifs is 2. The van der Waals surface area contributed by atoms with E-state index in [0.717, 1.165) is 29.9 Å². The maximum Gasteiger partial charge on any atom is 0.166 e. The van der Waals surface area contributed by atoms with Gasteiger partial charge in [0.1, 0.15) is 0 Å². The van der Waals surface area contributed by atoms with Crippen LogP contribution in [0.15, 0.2) is 0 Å². The van der Waals surface area contributed by atoms with Crippen molar-refractivity contribution in [3.05, 3.63) is 0 Å². The monoisotopic (exact) mass is 228 g/mol. The van der Waals surface area contributed by atoms with Crippen molar-refractivity contribution in [3.63, 3.8) is 0 Å². The van der Waals surface area contributed by atoms with Crippen LogP contribution in [0.5, 0.6) is 0 Å². The van der Waals surface area contributed by atoms with Gasteiger partial charge in [-0.25, -0.2) is 0 Å². The van der Waals surface area contributed by atoms with Crippen molar-refractivity contribution in [2.75, 3.05) is 13.2 Å². The molecule has 2 rings (SSSR count). The molecule has 0 aromatic heterocycles. The molecule has 15 heavy (non-hydrogen) atoms. The quantitative estimate of drug-likeness (QED) is 0.496. The van der Waals surface area contributed by atoms with E-state index in [1.165, 1.54) is 25.7 Å². The molecule has 0 unspecified atom stereocenters. The topological polar surface area (TPSA) is 44.3 Å². The van der Waals surface area contributed by atoms with Crippen molar-refractivity contribution in [2.24, 2.45) is 11.8 Å². The Hall–Kier alpha value is -0.350. The summed E-state index contributed by atoms with van der Waals surface area (Å²) in [6, 6.07) is 0.609. The van der Waals surface area contributed by atoms with Crippen LogP contribution >= 0.6 is 12.2 Å². The van der Waals surface area contributed by atoms with Crippen molar-refractivity contribution in [3.8, 4) is 0 Å². The highest BCUT2D eigenvalue weighted by molar-refractivity contribution is 7.80. The van der Waals surface area contributed by atoms with E-state index in [9.17, 15) is 0 Å². The Morgan fingerprint density at radius 2 is 2.20 bits per heavy atom. The summed E-state index contributed by atoms with van der Waals surface area (Å²) < 4.78 is 0. The van der Waals surface area contributed by atoms with Gasteiger partial charge in [-0.2, -0.15) is 0 Å². The summed E-state index contributed by atoms with van der Waals surface area (Å²) in [6.07, 6.45) is 6.26. The second kappa shape index (κ2) is 5.12. The van der Waals surface area contributed by atoms with Crippen molar-refractivity contribution < 1.29 is 5.11 Å². The number of nitrogens with one attached hydrogen (secondary N) is 2. The molecule has 2 aliphatic rings. The van der Waals surface area contributed by atoms with Crippen LogP contribution in [0, 0.1) is 11.8 Å². The van der Waals surface area contributed by atoms with Crippen molar-refractivity contribution in [2.45, 2.75) is 38.1 Å². The summed E-state index contributed by atoms with van der Waals surface area (Å²) in [7, 11) is 0. The fraction of sp³-hybridized carbons (Fsp3) is 0.909. The minimum atomic E-state index is 0.226. The Morgan fingerprint density at radius 1 is 1.33 bits per heavy atom. The summed E-state index contributed by atoms with van der Waals surface area (Å²) >= 11 is 5.22. The van der Waals surface area contributed by atoms with E-state index < -0.39 is 0 Å². The van der Waals surface area contributed by atoms with Gasteiger partial charge in [0.2, 0.25) is 0 Å². The number of thiocarbonyl (C=S) groups is 1. The summed E-state index contributed by atoms with van der Waals surface area (Å²) in [4.78, 5) is 0. The fourth-order valence-electron chi connectivity index (χ4n) is 2.92. The SMILES string of the molecule is OCCCNC(=S)N[C@H]1C[C@H]2CC[C@H]1C2. The summed E-state index contributed by atoms with van der Waals surface area (Å²) in [5.41, 5.74) is 0. The second-order valence-electron chi connectivity index (χ2n) is 4.76. The maximum atomic E-state index is 8.65. The van der Waals surface area contributed by atoms with Crippen LogP contribution in [0.4, 0.5) is 0 Å². The second-order valence-corrected chi connectivity index (χ2v) is 5.17. The van der Waals surface area contributed by atoms with Gasteiger partial charge < -0.3 is 15.7 Å². The zero-order chi connectivity index (χ0) is 10.7. The maximum absolute atomic E-state index is 8.65. The third-order valence-electron chi connectivity index (χ3n) is 3.68. The van der Waals surface area contributed by atoms with E-state index in [0.29, 0.717) is 6.04 Å². The lowest BCUT2D eigenvalue weighted by Crippen LogP contribution is -2.44. The number of hydrogen-bond acceptors (Lipinski definition) is 2. The first kappa shape index (κ1) is 11.1. The largest absolute Gasteiger partial charge is 0.396 e. The van der Waals surface area contributed by atoms with Gasteiger partial charge in [0.05, 0.1) is 0 Å². The molecular formula is C11H20N2OS. The Labute approximate surface area is 96.6 Å². The molecule has 3 N–H and O–H groups in total. The van der Waals surface area contributed by atoms with E-state index in [1.54, 1.807) is 0 Å². The average Bonchev–Trinajstić information content (AvgIpc) is 2.79. The van der Waals surface area contributed by atoms with Crippen molar-refractivity contribution in [1.82, 2.24) is 10.6 Å². The van der Waals surface area contributed by atoms with Gasteiger partial charge >= 0.3 is 0 Å². The van der Waals surface area contributed by atoms with Gasteiger partial charge in [0.25, 0.3) is 0 Å². The third-order valence-corrected chi connectivity index (χ3v) is 3.94. The third kappa shape index (κ3) is 2.82. The smallest absolute Gasteiger partial charge is 0.166 e. The number of rotatable bonds is 4. The van der Waals surface area contributed by atoms with Gasteiger partial charge in [-0.1, -0.05) is 6.42 Å². The lowest BCUT2D eigenvalue weighted by Gasteiger charge is -2.24. The number of aliphatic hydroxyl groups is 1. The minimum absolute atomic E-state index is 0.226. The normalized spacial score (nSPS) is 33.0. The number of hydrogen-bond donors (Lipinski definition) is 3. The molecule has 2 bridgehead atoms. The van der Waals surface area contributed by atoms with Gasteiger partial charge in [0.15, 0.2) is 5.11 Å². The molecule has 0 spiro atoms. The molecule has 2 aliphatic carbocycles. The van der Waals surface area contributed by atoms with Gasteiger partial charge in [-0.05, 0) is 49.7 Å². The van der Waals surface area contributed by atoms with E-state index in [2.05, 4.69) is 10.6 Å². The highest BCUT2D eigenvalue weighted by Crippen LogP contribution is 2.44. The van der Waals surface area contributed by atoms with Crippen LogP contribution in [-0.2, 0) is 0 Å². The molecule has 3 nitrogen and oxygen atoms in total. The minimum Gasteiger partial charge on any atom is -0.396 e. The molecule has 2 saturated carbocycles. The predicted octanol–water partition coefficient (Wildman–Crippen LogP) is 1.02. The highest BCUT2D eigenvalue weighted by atomic mass is 32.1. The first-order valence-corrected chi connectivity index (χ1v) is 6.35. The Balaban J connectivity index is 1.66. The number of aliphatic hydroxyl groups excluding tert-OH is 1. The average molecular weight is 228 g/mol. The molecule has 86 valence electrons. The predicted molar refractivity (Wildman–Crippen MR) is 64.7 cm³/mol. The first-order valence-electron chi connectivity index (χ1n) is 5.95. The first-order chi connectivity index (χ1) is 7.29. The summed E-state index contributed by atoms with van der Waals surface area (Å²) in [5, 5.41) is 15.9. The molecule has 0 aromatic carbocycles. The molecule has 3 atom stereocenters. The van der Waals surface area contributed by atoms with Crippen LogP contribution in [0.2, 0.25) is 0 Å². The van der Waals surface area contributed by atoms with Crippen molar-refractivity contribution in [1.29, 1.82) is 0 Å². The molecule has 2 fully saturated rings. The van der Waals surface area contributed by atoms with Crippen LogP contribution in [-0.4, -0.2) is 29.4 Å². The van der Waals surface area contributed by atoms with Crippen molar-refractivity contribution >= 4 is 17.3 Å². The lowest BCUT2D eigenvalue weighted by atomic mass is 9.96. The fourth-order valence-corrected chi connectivity index (χ4v) is 3.18. The van der Waals surface area contributed by atoms with Crippen LogP contribution in [0.3, 0.4) is 0 Å². The van der Waals surface area contributed by atoms with Gasteiger partial charge in [0, 0.05) is 19.2 Å². The molecular weight excluding hydrogens is 208 g/mol. The Kier molecular flexibility index (Phi) is 3.81. The van der Waals surface area contributed by atoms with Crippen LogP contribution < -0.4 is 10.6 Å². The summed E-state index contributed by atoms with van der Waals surface area (Å²) in [6.45, 7) is 0.993. The standard InChI is InChI=1S/C11H20N2OS/c14-5-1-4-12-11(15)13-10-7-8-2-3-9(10)6-8/h8-10,14H,1-7H2,(H2,12,13,15)/t8-,9-,10-/m0/s1. The van der Waals surface area contributed by atoms with Crippen LogP contribution in [0.25, 0.3) is 0 Å². The summed E-state index contributed by atoms with van der Waals surface area (Å²) in [5.74, 6) is 1.81. The molecule has 4 heteroatoms. The molecule has 0 radical (unpaired) electrons.